The first-order valence-electron chi connectivity index (χ1n) is 6.59. The molecule has 0 aliphatic carbocycles. The van der Waals surface area contributed by atoms with E-state index in [0.717, 1.165) is 5.57 Å². The van der Waals surface area contributed by atoms with E-state index in [4.69, 9.17) is 22.1 Å². The second-order valence-electron chi connectivity index (χ2n) is 5.03. The van der Waals surface area contributed by atoms with E-state index >= 15 is 0 Å². The number of halogens is 1. The highest BCUT2D eigenvalue weighted by molar-refractivity contribution is 7.89. The van der Waals surface area contributed by atoms with E-state index in [2.05, 4.69) is 0 Å². The van der Waals surface area contributed by atoms with Crippen LogP contribution in [0.25, 0.3) is 0 Å². The minimum Gasteiger partial charge on any atom is -0.398 e. The molecule has 1 aromatic carbocycles. The number of ether oxygens (including phenoxy) is 1. The van der Waals surface area contributed by atoms with Crippen LogP contribution >= 0.6 is 11.6 Å². The van der Waals surface area contributed by atoms with Crippen LogP contribution in [0, 0.1) is 6.92 Å². The topological polar surface area (TPSA) is 72.6 Å². The molecule has 0 saturated carbocycles. The summed E-state index contributed by atoms with van der Waals surface area (Å²) in [4.78, 5) is 0.177. The van der Waals surface area contributed by atoms with E-state index in [1.807, 2.05) is 6.08 Å². The largest absolute Gasteiger partial charge is 0.398 e. The van der Waals surface area contributed by atoms with E-state index in [9.17, 15) is 8.42 Å². The van der Waals surface area contributed by atoms with Gasteiger partial charge in [0.2, 0.25) is 10.0 Å². The highest BCUT2D eigenvalue weighted by Gasteiger charge is 2.28. The average Bonchev–Trinajstić information content (AvgIpc) is 2.43. The van der Waals surface area contributed by atoms with Gasteiger partial charge in [-0.05, 0) is 36.6 Å². The van der Waals surface area contributed by atoms with Gasteiger partial charge in [0, 0.05) is 30.9 Å². The van der Waals surface area contributed by atoms with E-state index in [0.29, 0.717) is 42.4 Å². The first kappa shape index (κ1) is 16.3. The van der Waals surface area contributed by atoms with Gasteiger partial charge in [-0.2, -0.15) is 4.31 Å². The van der Waals surface area contributed by atoms with Crippen molar-refractivity contribution in [2.75, 3.05) is 32.5 Å². The van der Waals surface area contributed by atoms with Crippen LogP contribution in [0.3, 0.4) is 0 Å². The van der Waals surface area contributed by atoms with Gasteiger partial charge in [-0.25, -0.2) is 8.42 Å². The van der Waals surface area contributed by atoms with Crippen LogP contribution in [0.5, 0.6) is 0 Å². The molecule has 0 unspecified atom stereocenters. The average molecular weight is 331 g/mol. The second-order valence-corrected chi connectivity index (χ2v) is 7.37. The summed E-state index contributed by atoms with van der Waals surface area (Å²) in [6, 6.07) is 3.01. The zero-order valence-corrected chi connectivity index (χ0v) is 13.7. The molecular formula is C14H19ClN2O3S. The molecule has 0 amide bonds. The Morgan fingerprint density at radius 2 is 2.14 bits per heavy atom. The molecule has 1 aliphatic rings. The molecular weight excluding hydrogens is 312 g/mol. The molecule has 1 heterocycles. The van der Waals surface area contributed by atoms with Crippen molar-refractivity contribution < 1.29 is 13.2 Å². The standard InChI is InChI=1S/C14H19ClN2O3S/c1-10-13(16)7-12(15)8-14(10)21(18,19)17-5-3-11(4-6-17)9-20-2/h3,7-8H,4-6,9,16H2,1-2H3. The van der Waals surface area contributed by atoms with Crippen molar-refractivity contribution in [1.29, 1.82) is 0 Å². The summed E-state index contributed by atoms with van der Waals surface area (Å²) in [5, 5.41) is 0.323. The lowest BCUT2D eigenvalue weighted by Crippen LogP contribution is -2.35. The molecule has 0 atom stereocenters. The first-order valence-corrected chi connectivity index (χ1v) is 8.40. The zero-order valence-electron chi connectivity index (χ0n) is 12.1. The molecule has 2 N–H and O–H groups in total. The van der Waals surface area contributed by atoms with Crippen LogP contribution in [-0.2, 0) is 14.8 Å². The molecule has 0 radical (unpaired) electrons. The maximum absolute atomic E-state index is 12.7. The van der Waals surface area contributed by atoms with E-state index in [1.165, 1.54) is 10.4 Å². The van der Waals surface area contributed by atoms with Crippen molar-refractivity contribution in [2.45, 2.75) is 18.2 Å². The van der Waals surface area contributed by atoms with Crippen molar-refractivity contribution in [3.63, 3.8) is 0 Å². The molecule has 5 nitrogen and oxygen atoms in total. The minimum absolute atomic E-state index is 0.177. The Hall–Kier alpha value is -1.08. The summed E-state index contributed by atoms with van der Waals surface area (Å²) >= 11 is 5.94. The molecule has 2 rings (SSSR count). The molecule has 0 spiro atoms. The number of nitrogens with zero attached hydrogens (tertiary/aromatic N) is 1. The highest BCUT2D eigenvalue weighted by atomic mass is 35.5. The lowest BCUT2D eigenvalue weighted by atomic mass is 10.1. The molecule has 7 heteroatoms. The van der Waals surface area contributed by atoms with Crippen molar-refractivity contribution in [1.82, 2.24) is 4.31 Å². The molecule has 1 aromatic rings. The Balaban J connectivity index is 2.32. The highest BCUT2D eigenvalue weighted by Crippen LogP contribution is 2.29. The summed E-state index contributed by atoms with van der Waals surface area (Å²) in [7, 11) is -1.97. The Labute approximate surface area is 130 Å². The molecule has 0 fully saturated rings. The lowest BCUT2D eigenvalue weighted by molar-refractivity contribution is 0.219. The molecule has 0 aromatic heterocycles. The van der Waals surface area contributed by atoms with Crippen LogP contribution in [0.4, 0.5) is 5.69 Å². The monoisotopic (exact) mass is 330 g/mol. The Morgan fingerprint density at radius 3 is 2.71 bits per heavy atom. The summed E-state index contributed by atoms with van der Waals surface area (Å²) in [6.07, 6.45) is 2.57. The van der Waals surface area contributed by atoms with Gasteiger partial charge in [0.05, 0.1) is 11.5 Å². The van der Waals surface area contributed by atoms with Gasteiger partial charge in [0.1, 0.15) is 0 Å². The Kier molecular flexibility index (Phi) is 4.93. The summed E-state index contributed by atoms with van der Waals surface area (Å²) in [6.45, 7) is 3.00. The minimum atomic E-state index is -3.59. The second kappa shape index (κ2) is 6.36. The third-order valence-corrected chi connectivity index (χ3v) is 5.79. The third kappa shape index (κ3) is 3.40. The lowest BCUT2D eigenvalue weighted by Gasteiger charge is -2.26. The fourth-order valence-electron chi connectivity index (χ4n) is 2.31. The maximum Gasteiger partial charge on any atom is 0.243 e. The third-order valence-electron chi connectivity index (χ3n) is 3.58. The Morgan fingerprint density at radius 1 is 1.43 bits per heavy atom. The van der Waals surface area contributed by atoms with Gasteiger partial charge in [0.25, 0.3) is 0 Å². The maximum atomic E-state index is 12.7. The predicted octanol–water partition coefficient (Wildman–Crippen LogP) is 2.20. The van der Waals surface area contributed by atoms with Crippen molar-refractivity contribution in [3.8, 4) is 0 Å². The van der Waals surface area contributed by atoms with E-state index in [1.54, 1.807) is 20.1 Å². The molecule has 116 valence electrons. The summed E-state index contributed by atoms with van der Waals surface area (Å²) in [5.41, 5.74) is 7.85. The first-order chi connectivity index (χ1) is 9.86. The summed E-state index contributed by atoms with van der Waals surface area (Å²) < 4.78 is 32.0. The number of hydrogen-bond acceptors (Lipinski definition) is 4. The van der Waals surface area contributed by atoms with E-state index < -0.39 is 10.0 Å². The van der Waals surface area contributed by atoms with Crippen molar-refractivity contribution in [3.05, 3.63) is 34.4 Å². The fraction of sp³-hybridized carbons (Fsp3) is 0.429. The van der Waals surface area contributed by atoms with Crippen LogP contribution in [0.15, 0.2) is 28.7 Å². The number of benzene rings is 1. The van der Waals surface area contributed by atoms with Crippen LogP contribution in [0.2, 0.25) is 5.02 Å². The van der Waals surface area contributed by atoms with Gasteiger partial charge in [-0.3, -0.25) is 0 Å². The van der Waals surface area contributed by atoms with Crippen molar-refractivity contribution in [2.24, 2.45) is 0 Å². The zero-order chi connectivity index (χ0) is 15.6. The van der Waals surface area contributed by atoms with Crippen LogP contribution in [-0.4, -0.2) is 39.5 Å². The predicted molar refractivity (Wildman–Crippen MR) is 83.9 cm³/mol. The van der Waals surface area contributed by atoms with Crippen molar-refractivity contribution >= 4 is 27.3 Å². The van der Waals surface area contributed by atoms with Gasteiger partial charge >= 0.3 is 0 Å². The molecule has 0 bridgehead atoms. The SMILES string of the molecule is COCC1=CCN(S(=O)(=O)c2cc(Cl)cc(N)c2C)CC1. The number of nitrogen functional groups attached to an aromatic ring is 1. The smallest absolute Gasteiger partial charge is 0.243 e. The number of anilines is 1. The van der Waals surface area contributed by atoms with Crippen LogP contribution < -0.4 is 5.73 Å². The van der Waals surface area contributed by atoms with E-state index in [-0.39, 0.29) is 4.90 Å². The van der Waals surface area contributed by atoms with Gasteiger partial charge in [-0.1, -0.05) is 17.7 Å². The van der Waals surface area contributed by atoms with Gasteiger partial charge in [-0.15, -0.1) is 0 Å². The van der Waals surface area contributed by atoms with Crippen LogP contribution in [0.1, 0.15) is 12.0 Å². The molecule has 21 heavy (non-hydrogen) atoms. The molecule has 1 aliphatic heterocycles. The van der Waals surface area contributed by atoms with Gasteiger partial charge in [0.15, 0.2) is 0 Å². The quantitative estimate of drug-likeness (QED) is 0.678. The number of methoxy groups -OCH3 is 1. The number of sulfonamides is 1. The summed E-state index contributed by atoms with van der Waals surface area (Å²) in [5.74, 6) is 0. The normalized spacial score (nSPS) is 16.8. The number of nitrogens with two attached hydrogens (primary N) is 1. The Bertz CT molecular complexity index is 671. The number of hydrogen-bond donors (Lipinski definition) is 1. The fourth-order valence-corrected chi connectivity index (χ4v) is 4.26. The molecule has 0 saturated heterocycles. The van der Waals surface area contributed by atoms with Gasteiger partial charge < -0.3 is 10.5 Å². The number of rotatable bonds is 4.